The number of aromatic amines is 1. The molecule has 1 atom stereocenters. The first-order valence-corrected chi connectivity index (χ1v) is 11.4. The highest BCUT2D eigenvalue weighted by Crippen LogP contribution is 2.33. The lowest BCUT2D eigenvalue weighted by Gasteiger charge is -2.24. The standard InChI is InChI=1S/C23H31N3O4S/c1-5-30-13-17(27)11-26(8-9-29-4)12-20-24-22(28)21-19(14-31-23(21)25-20)18-10-15(2)6-7-16(18)3/h6-7,10,14,17,27H,5,8-9,11-13H2,1-4H3,(H,24,25,28)/t17-/m0/s1. The van der Waals surface area contributed by atoms with Crippen molar-refractivity contribution in [1.29, 1.82) is 0 Å². The highest BCUT2D eigenvalue weighted by molar-refractivity contribution is 7.17. The number of aliphatic hydroxyl groups excluding tert-OH is 1. The summed E-state index contributed by atoms with van der Waals surface area (Å²) in [6, 6.07) is 6.25. The van der Waals surface area contributed by atoms with E-state index in [2.05, 4.69) is 30.1 Å². The van der Waals surface area contributed by atoms with Crippen LogP contribution in [0.1, 0.15) is 23.9 Å². The van der Waals surface area contributed by atoms with Crippen LogP contribution in [0.15, 0.2) is 28.4 Å². The number of hydrogen-bond acceptors (Lipinski definition) is 7. The smallest absolute Gasteiger partial charge is 0.260 e. The first-order valence-electron chi connectivity index (χ1n) is 10.5. The summed E-state index contributed by atoms with van der Waals surface area (Å²) in [4.78, 5) is 23.4. The zero-order chi connectivity index (χ0) is 22.4. The minimum Gasteiger partial charge on any atom is -0.389 e. The Labute approximate surface area is 186 Å². The minimum atomic E-state index is -0.620. The molecule has 0 spiro atoms. The molecule has 0 aliphatic heterocycles. The second kappa shape index (κ2) is 11.0. The molecule has 0 saturated heterocycles. The Morgan fingerprint density at radius 2 is 2.10 bits per heavy atom. The summed E-state index contributed by atoms with van der Waals surface area (Å²) in [6.07, 6.45) is -0.620. The van der Waals surface area contributed by atoms with Gasteiger partial charge in [0.25, 0.3) is 5.56 Å². The Morgan fingerprint density at radius 1 is 1.29 bits per heavy atom. The molecule has 0 fully saturated rings. The molecule has 0 aliphatic carbocycles. The van der Waals surface area contributed by atoms with E-state index in [4.69, 9.17) is 14.5 Å². The summed E-state index contributed by atoms with van der Waals surface area (Å²) in [5, 5.41) is 12.9. The van der Waals surface area contributed by atoms with E-state index in [9.17, 15) is 9.90 Å². The zero-order valence-electron chi connectivity index (χ0n) is 18.6. The topological polar surface area (TPSA) is 87.7 Å². The Kier molecular flexibility index (Phi) is 8.34. The molecule has 7 nitrogen and oxygen atoms in total. The van der Waals surface area contributed by atoms with Gasteiger partial charge in [-0.3, -0.25) is 9.69 Å². The molecule has 0 unspecified atom stereocenters. The third kappa shape index (κ3) is 5.99. The number of methoxy groups -OCH3 is 1. The molecule has 0 saturated carbocycles. The van der Waals surface area contributed by atoms with Crippen LogP contribution in [0.3, 0.4) is 0 Å². The third-order valence-corrected chi connectivity index (χ3v) is 6.02. The molecule has 168 valence electrons. The first kappa shape index (κ1) is 23.6. The van der Waals surface area contributed by atoms with Gasteiger partial charge in [-0.15, -0.1) is 11.3 Å². The van der Waals surface area contributed by atoms with Crippen LogP contribution in [0, 0.1) is 13.8 Å². The molecule has 3 aromatic rings. The number of fused-ring (bicyclic) bond motifs is 1. The van der Waals surface area contributed by atoms with Gasteiger partial charge >= 0.3 is 0 Å². The number of ether oxygens (including phenoxy) is 2. The van der Waals surface area contributed by atoms with Gasteiger partial charge < -0.3 is 19.6 Å². The van der Waals surface area contributed by atoms with E-state index in [0.717, 1.165) is 27.1 Å². The average molecular weight is 446 g/mol. The molecule has 1 aromatic carbocycles. The Balaban J connectivity index is 1.87. The quantitative estimate of drug-likeness (QED) is 0.472. The summed E-state index contributed by atoms with van der Waals surface area (Å²) in [7, 11) is 1.64. The Bertz CT molecular complexity index is 1060. The molecule has 2 heterocycles. The van der Waals surface area contributed by atoms with Crippen molar-refractivity contribution in [2.24, 2.45) is 0 Å². The van der Waals surface area contributed by atoms with Crippen molar-refractivity contribution >= 4 is 21.6 Å². The number of aromatic nitrogens is 2. The van der Waals surface area contributed by atoms with Crippen molar-refractivity contribution in [3.63, 3.8) is 0 Å². The highest BCUT2D eigenvalue weighted by atomic mass is 32.1. The summed E-state index contributed by atoms with van der Waals surface area (Å²) in [5.74, 6) is 0.576. The number of hydrogen-bond donors (Lipinski definition) is 2. The van der Waals surface area contributed by atoms with Crippen LogP contribution >= 0.6 is 11.3 Å². The van der Waals surface area contributed by atoms with Gasteiger partial charge in [-0.25, -0.2) is 4.98 Å². The van der Waals surface area contributed by atoms with E-state index in [-0.39, 0.29) is 12.2 Å². The van der Waals surface area contributed by atoms with Gasteiger partial charge in [0.2, 0.25) is 0 Å². The number of rotatable bonds is 11. The van der Waals surface area contributed by atoms with Crippen molar-refractivity contribution in [3.8, 4) is 11.1 Å². The SMILES string of the molecule is CCOC[C@@H](O)CN(CCOC)Cc1nc2scc(-c3cc(C)ccc3C)c2c(=O)[nH]1. The van der Waals surface area contributed by atoms with Crippen molar-refractivity contribution in [2.75, 3.05) is 40.0 Å². The summed E-state index contributed by atoms with van der Waals surface area (Å²) < 4.78 is 10.5. The number of aryl methyl sites for hydroxylation is 2. The molecular formula is C23H31N3O4S. The largest absolute Gasteiger partial charge is 0.389 e. The molecular weight excluding hydrogens is 414 g/mol. The van der Waals surface area contributed by atoms with Crippen LogP contribution in [-0.4, -0.2) is 66.1 Å². The predicted octanol–water partition coefficient (Wildman–Crippen LogP) is 3.11. The lowest BCUT2D eigenvalue weighted by atomic mass is 9.99. The molecule has 2 aromatic heterocycles. The molecule has 0 aliphatic rings. The van der Waals surface area contributed by atoms with Gasteiger partial charge in [-0.2, -0.15) is 0 Å². The molecule has 2 N–H and O–H groups in total. The van der Waals surface area contributed by atoms with Gasteiger partial charge in [0.15, 0.2) is 0 Å². The number of H-pyrrole nitrogens is 1. The average Bonchev–Trinajstić information content (AvgIpc) is 3.16. The van der Waals surface area contributed by atoms with Crippen LogP contribution in [0.5, 0.6) is 0 Å². The lowest BCUT2D eigenvalue weighted by molar-refractivity contribution is 0.0144. The Morgan fingerprint density at radius 3 is 2.84 bits per heavy atom. The summed E-state index contributed by atoms with van der Waals surface area (Å²) in [6.45, 7) is 8.77. The van der Waals surface area contributed by atoms with E-state index in [1.54, 1.807) is 7.11 Å². The fourth-order valence-corrected chi connectivity index (χ4v) is 4.52. The number of nitrogens with zero attached hydrogens (tertiary/aromatic N) is 2. The van der Waals surface area contributed by atoms with Gasteiger partial charge in [-0.1, -0.05) is 23.8 Å². The molecule has 8 heteroatoms. The maximum absolute atomic E-state index is 13.0. The van der Waals surface area contributed by atoms with Crippen molar-refractivity contribution in [3.05, 3.63) is 50.9 Å². The Hall–Kier alpha value is -2.10. The summed E-state index contributed by atoms with van der Waals surface area (Å²) >= 11 is 1.48. The van der Waals surface area contributed by atoms with Gasteiger partial charge in [-0.05, 0) is 31.9 Å². The number of nitrogens with one attached hydrogen (secondary N) is 1. The second-order valence-corrected chi connectivity index (χ2v) is 8.56. The predicted molar refractivity (Wildman–Crippen MR) is 125 cm³/mol. The minimum absolute atomic E-state index is 0.140. The van der Waals surface area contributed by atoms with Crippen molar-refractivity contribution in [2.45, 2.75) is 33.4 Å². The van der Waals surface area contributed by atoms with Crippen LogP contribution in [0.25, 0.3) is 21.3 Å². The highest BCUT2D eigenvalue weighted by Gasteiger charge is 2.17. The monoisotopic (exact) mass is 445 g/mol. The van der Waals surface area contributed by atoms with Gasteiger partial charge in [0, 0.05) is 37.7 Å². The van der Waals surface area contributed by atoms with Crippen molar-refractivity contribution in [1.82, 2.24) is 14.9 Å². The zero-order valence-corrected chi connectivity index (χ0v) is 19.4. The maximum atomic E-state index is 13.0. The van der Waals surface area contributed by atoms with Crippen LogP contribution < -0.4 is 5.56 Å². The number of benzene rings is 1. The second-order valence-electron chi connectivity index (χ2n) is 7.70. The first-order chi connectivity index (χ1) is 14.9. The molecule has 0 amide bonds. The van der Waals surface area contributed by atoms with E-state index in [1.165, 1.54) is 11.3 Å². The van der Waals surface area contributed by atoms with E-state index in [1.807, 2.05) is 24.1 Å². The third-order valence-electron chi connectivity index (χ3n) is 5.14. The van der Waals surface area contributed by atoms with E-state index >= 15 is 0 Å². The van der Waals surface area contributed by atoms with Crippen LogP contribution in [0.4, 0.5) is 0 Å². The number of aliphatic hydroxyl groups is 1. The fourth-order valence-electron chi connectivity index (χ4n) is 3.56. The van der Waals surface area contributed by atoms with E-state index < -0.39 is 6.10 Å². The lowest BCUT2D eigenvalue weighted by Crippen LogP contribution is -2.37. The molecule has 0 radical (unpaired) electrons. The number of thiophene rings is 1. The normalized spacial score (nSPS) is 12.7. The van der Waals surface area contributed by atoms with E-state index in [0.29, 0.717) is 44.1 Å². The van der Waals surface area contributed by atoms with Crippen LogP contribution in [-0.2, 0) is 16.0 Å². The van der Waals surface area contributed by atoms with Gasteiger partial charge in [0.1, 0.15) is 10.7 Å². The molecule has 3 rings (SSSR count). The molecule has 31 heavy (non-hydrogen) atoms. The maximum Gasteiger partial charge on any atom is 0.260 e. The van der Waals surface area contributed by atoms with Crippen LogP contribution in [0.2, 0.25) is 0 Å². The van der Waals surface area contributed by atoms with Crippen molar-refractivity contribution < 1.29 is 14.6 Å². The fraction of sp³-hybridized carbons (Fsp3) is 0.478. The van der Waals surface area contributed by atoms with Gasteiger partial charge in [0.05, 0.1) is 31.2 Å². The summed E-state index contributed by atoms with van der Waals surface area (Å²) in [5.41, 5.74) is 4.12. The molecule has 0 bridgehead atoms.